The molecule has 1 aromatic rings. The van der Waals surface area contributed by atoms with Gasteiger partial charge in [0.15, 0.2) is 5.82 Å². The third-order valence-corrected chi connectivity index (χ3v) is 1.27. The maximum atomic E-state index is 5.59. The third kappa shape index (κ3) is 1.62. The minimum atomic E-state index is -0.134. The van der Waals surface area contributed by atoms with Crippen LogP contribution in [0.25, 0.3) is 0 Å². The summed E-state index contributed by atoms with van der Waals surface area (Å²) in [5, 5.41) is 11.0. The van der Waals surface area contributed by atoms with E-state index in [0.717, 1.165) is 0 Å². The lowest BCUT2D eigenvalue weighted by molar-refractivity contribution is 0.596. The lowest BCUT2D eigenvalue weighted by atomic mass is 10.3. The molecule has 5 heteroatoms. The molecule has 1 heterocycles. The van der Waals surface area contributed by atoms with Gasteiger partial charge in [-0.25, -0.2) is 4.68 Å². The second-order valence-corrected chi connectivity index (χ2v) is 2.30. The molecule has 0 saturated heterocycles. The molecule has 1 unspecified atom stereocenters. The molecule has 0 aromatic carbocycles. The van der Waals surface area contributed by atoms with Gasteiger partial charge in [-0.3, -0.25) is 0 Å². The second kappa shape index (κ2) is 3.25. The summed E-state index contributed by atoms with van der Waals surface area (Å²) in [5.41, 5.74) is 5.59. The van der Waals surface area contributed by atoms with Crippen molar-refractivity contribution in [2.45, 2.75) is 19.5 Å². The molecule has 60 valence electrons. The van der Waals surface area contributed by atoms with E-state index in [9.17, 15) is 0 Å². The Morgan fingerprint density at radius 1 is 1.82 bits per heavy atom. The van der Waals surface area contributed by atoms with Gasteiger partial charge in [-0.1, -0.05) is 6.08 Å². The highest BCUT2D eigenvalue weighted by molar-refractivity contribution is 4.88. The third-order valence-electron chi connectivity index (χ3n) is 1.27. The zero-order chi connectivity index (χ0) is 8.27. The Balaban J connectivity index is 2.86. The highest BCUT2D eigenvalue weighted by atomic mass is 15.5. The molecule has 1 rings (SSSR count). The molecule has 1 atom stereocenters. The first-order valence-electron chi connectivity index (χ1n) is 3.38. The van der Waals surface area contributed by atoms with Gasteiger partial charge in [-0.2, -0.15) is 0 Å². The highest BCUT2D eigenvalue weighted by Gasteiger charge is 2.07. The summed E-state index contributed by atoms with van der Waals surface area (Å²) in [4.78, 5) is 0. The molecule has 0 bridgehead atoms. The lowest BCUT2D eigenvalue weighted by Gasteiger charge is -2.02. The van der Waals surface area contributed by atoms with E-state index in [1.807, 2.05) is 6.92 Å². The Labute approximate surface area is 64.9 Å². The summed E-state index contributed by atoms with van der Waals surface area (Å²) < 4.78 is 1.62. The van der Waals surface area contributed by atoms with E-state index in [1.54, 1.807) is 10.8 Å². The summed E-state index contributed by atoms with van der Waals surface area (Å²) in [6.07, 6.45) is 1.72. The van der Waals surface area contributed by atoms with Gasteiger partial charge in [0.05, 0.1) is 12.6 Å². The van der Waals surface area contributed by atoms with E-state index >= 15 is 0 Å². The smallest absolute Gasteiger partial charge is 0.168 e. The van der Waals surface area contributed by atoms with Crippen LogP contribution in [-0.2, 0) is 6.54 Å². The van der Waals surface area contributed by atoms with Crippen molar-refractivity contribution in [3.8, 4) is 0 Å². The number of hydrogen-bond acceptors (Lipinski definition) is 4. The standard InChI is InChI=1S/C6H11N5/c1-3-4-11-6(5(2)7)8-9-10-11/h3,5H,1,4,7H2,2H3. The number of nitrogens with zero attached hydrogens (tertiary/aromatic N) is 4. The van der Waals surface area contributed by atoms with Crippen molar-refractivity contribution >= 4 is 0 Å². The van der Waals surface area contributed by atoms with Gasteiger partial charge in [0.2, 0.25) is 0 Å². The first-order chi connectivity index (χ1) is 5.25. The topological polar surface area (TPSA) is 69.6 Å². The van der Waals surface area contributed by atoms with Crippen LogP contribution in [0, 0.1) is 0 Å². The number of aromatic nitrogens is 4. The van der Waals surface area contributed by atoms with Crippen LogP contribution in [0.4, 0.5) is 0 Å². The lowest BCUT2D eigenvalue weighted by Crippen LogP contribution is -2.13. The Hall–Kier alpha value is -1.23. The zero-order valence-electron chi connectivity index (χ0n) is 6.44. The molecule has 11 heavy (non-hydrogen) atoms. The summed E-state index contributed by atoms with van der Waals surface area (Å²) in [6.45, 7) is 6.02. The van der Waals surface area contributed by atoms with Gasteiger partial charge >= 0.3 is 0 Å². The van der Waals surface area contributed by atoms with E-state index in [1.165, 1.54) is 0 Å². The van der Waals surface area contributed by atoms with Crippen molar-refractivity contribution in [3.05, 3.63) is 18.5 Å². The average molecular weight is 153 g/mol. The number of rotatable bonds is 3. The molecule has 0 amide bonds. The zero-order valence-corrected chi connectivity index (χ0v) is 6.44. The molecular formula is C6H11N5. The predicted octanol–water partition coefficient (Wildman–Crippen LogP) is -0.121. The summed E-state index contributed by atoms with van der Waals surface area (Å²) in [7, 11) is 0. The SMILES string of the molecule is C=CCn1nnnc1C(C)N. The quantitative estimate of drug-likeness (QED) is 0.614. The van der Waals surface area contributed by atoms with Crippen LogP contribution in [0.15, 0.2) is 12.7 Å². The van der Waals surface area contributed by atoms with Crippen LogP contribution in [-0.4, -0.2) is 20.2 Å². The Morgan fingerprint density at radius 3 is 3.09 bits per heavy atom. The van der Waals surface area contributed by atoms with Gasteiger partial charge in [-0.15, -0.1) is 11.7 Å². The first kappa shape index (κ1) is 7.87. The number of allylic oxidation sites excluding steroid dienone is 1. The van der Waals surface area contributed by atoms with Crippen LogP contribution >= 0.6 is 0 Å². The number of hydrogen-bond donors (Lipinski definition) is 1. The molecule has 0 saturated carbocycles. The van der Waals surface area contributed by atoms with Crippen molar-refractivity contribution < 1.29 is 0 Å². The van der Waals surface area contributed by atoms with Crippen LogP contribution < -0.4 is 5.73 Å². The summed E-state index contributed by atoms with van der Waals surface area (Å²) in [5.74, 6) is 0.685. The van der Waals surface area contributed by atoms with E-state index in [0.29, 0.717) is 12.4 Å². The van der Waals surface area contributed by atoms with Crippen molar-refractivity contribution in [1.29, 1.82) is 0 Å². The molecule has 0 aliphatic heterocycles. The molecule has 0 spiro atoms. The number of nitrogens with two attached hydrogens (primary N) is 1. The minimum Gasteiger partial charge on any atom is -0.322 e. The molecular weight excluding hydrogens is 142 g/mol. The van der Waals surface area contributed by atoms with Crippen molar-refractivity contribution in [1.82, 2.24) is 20.2 Å². The monoisotopic (exact) mass is 153 g/mol. The fourth-order valence-corrected chi connectivity index (χ4v) is 0.790. The molecule has 0 aliphatic carbocycles. The van der Waals surface area contributed by atoms with Crippen LogP contribution in [0.3, 0.4) is 0 Å². The van der Waals surface area contributed by atoms with E-state index in [2.05, 4.69) is 22.1 Å². The molecule has 0 fully saturated rings. The minimum absolute atomic E-state index is 0.134. The Morgan fingerprint density at radius 2 is 2.55 bits per heavy atom. The van der Waals surface area contributed by atoms with Gasteiger partial charge < -0.3 is 5.73 Å². The fourth-order valence-electron chi connectivity index (χ4n) is 0.790. The summed E-state index contributed by atoms with van der Waals surface area (Å²) >= 11 is 0. The van der Waals surface area contributed by atoms with Gasteiger partial charge in [-0.05, 0) is 17.4 Å². The van der Waals surface area contributed by atoms with E-state index < -0.39 is 0 Å². The predicted molar refractivity (Wildman–Crippen MR) is 40.6 cm³/mol. The van der Waals surface area contributed by atoms with Gasteiger partial charge in [0.1, 0.15) is 0 Å². The largest absolute Gasteiger partial charge is 0.322 e. The van der Waals surface area contributed by atoms with E-state index in [4.69, 9.17) is 5.73 Å². The van der Waals surface area contributed by atoms with Crippen LogP contribution in [0.5, 0.6) is 0 Å². The summed E-state index contributed by atoms with van der Waals surface area (Å²) in [6, 6.07) is -0.134. The Kier molecular flexibility index (Phi) is 2.32. The average Bonchev–Trinajstić information content (AvgIpc) is 2.36. The van der Waals surface area contributed by atoms with Crippen LogP contribution in [0.2, 0.25) is 0 Å². The Bertz CT molecular complexity index is 239. The highest BCUT2D eigenvalue weighted by Crippen LogP contribution is 2.02. The maximum Gasteiger partial charge on any atom is 0.168 e. The normalized spacial score (nSPS) is 12.9. The molecule has 2 N–H and O–H groups in total. The number of tetrazole rings is 1. The molecule has 0 radical (unpaired) electrons. The van der Waals surface area contributed by atoms with Crippen molar-refractivity contribution in [2.24, 2.45) is 5.73 Å². The fraction of sp³-hybridized carbons (Fsp3) is 0.500. The van der Waals surface area contributed by atoms with Crippen LogP contribution in [0.1, 0.15) is 18.8 Å². The van der Waals surface area contributed by atoms with Gasteiger partial charge in [0, 0.05) is 0 Å². The van der Waals surface area contributed by atoms with E-state index in [-0.39, 0.29) is 6.04 Å². The van der Waals surface area contributed by atoms with Crippen molar-refractivity contribution in [2.75, 3.05) is 0 Å². The second-order valence-electron chi connectivity index (χ2n) is 2.30. The molecule has 5 nitrogen and oxygen atoms in total. The van der Waals surface area contributed by atoms with Crippen molar-refractivity contribution in [3.63, 3.8) is 0 Å². The molecule has 0 aliphatic rings. The van der Waals surface area contributed by atoms with Gasteiger partial charge in [0.25, 0.3) is 0 Å². The first-order valence-corrected chi connectivity index (χ1v) is 3.38. The molecule has 1 aromatic heterocycles. The maximum absolute atomic E-state index is 5.59.